The maximum Gasteiger partial charge on any atom is 0.161 e. The van der Waals surface area contributed by atoms with Crippen LogP contribution in [0, 0.1) is 0 Å². The molecule has 1 saturated heterocycles. The molecule has 4 heteroatoms. The van der Waals surface area contributed by atoms with Crippen LogP contribution in [0.4, 0.5) is 0 Å². The molecule has 1 aromatic carbocycles. The smallest absolute Gasteiger partial charge is 0.161 e. The fourth-order valence-electron chi connectivity index (χ4n) is 3.56. The SMILES string of the molecule is C[N+]1(CCCCOCC2COc3ccccc3O2)CCCCC1. The summed E-state index contributed by atoms with van der Waals surface area (Å²) in [7, 11) is 2.41. The highest BCUT2D eigenvalue weighted by molar-refractivity contribution is 5.40. The molecule has 0 aliphatic carbocycles. The first-order valence-electron chi connectivity index (χ1n) is 9.05. The number of quaternary nitrogens is 1. The van der Waals surface area contributed by atoms with Crippen LogP contribution in [0.1, 0.15) is 32.1 Å². The number of unbranched alkanes of at least 4 members (excludes halogenated alkanes) is 1. The maximum absolute atomic E-state index is 5.90. The zero-order valence-electron chi connectivity index (χ0n) is 14.3. The number of hydrogen-bond acceptors (Lipinski definition) is 3. The number of rotatable bonds is 7. The van der Waals surface area contributed by atoms with Crippen LogP contribution in [0.25, 0.3) is 0 Å². The molecule has 2 aliphatic heterocycles. The normalized spacial score (nSPS) is 22.7. The summed E-state index contributed by atoms with van der Waals surface area (Å²) in [5.74, 6) is 1.66. The average Bonchev–Trinajstić information content (AvgIpc) is 2.58. The van der Waals surface area contributed by atoms with Crippen molar-refractivity contribution in [2.45, 2.75) is 38.2 Å². The van der Waals surface area contributed by atoms with E-state index < -0.39 is 0 Å². The van der Waals surface area contributed by atoms with E-state index in [1.807, 2.05) is 24.3 Å². The molecule has 128 valence electrons. The quantitative estimate of drug-likeness (QED) is 0.570. The van der Waals surface area contributed by atoms with Gasteiger partial charge in [0, 0.05) is 6.61 Å². The van der Waals surface area contributed by atoms with E-state index in [4.69, 9.17) is 14.2 Å². The van der Waals surface area contributed by atoms with E-state index in [9.17, 15) is 0 Å². The van der Waals surface area contributed by atoms with Gasteiger partial charge < -0.3 is 18.7 Å². The zero-order valence-corrected chi connectivity index (χ0v) is 14.3. The van der Waals surface area contributed by atoms with Gasteiger partial charge in [0.05, 0.1) is 33.3 Å². The van der Waals surface area contributed by atoms with E-state index in [1.54, 1.807) is 0 Å². The highest BCUT2D eigenvalue weighted by Crippen LogP contribution is 2.30. The second-order valence-corrected chi connectivity index (χ2v) is 7.13. The predicted octanol–water partition coefficient (Wildman–Crippen LogP) is 3.25. The van der Waals surface area contributed by atoms with Gasteiger partial charge in [0.1, 0.15) is 6.61 Å². The Kier molecular flexibility index (Phi) is 5.79. The molecule has 0 saturated carbocycles. The van der Waals surface area contributed by atoms with Crippen molar-refractivity contribution in [2.75, 3.05) is 46.5 Å². The van der Waals surface area contributed by atoms with Gasteiger partial charge in [0.15, 0.2) is 17.6 Å². The van der Waals surface area contributed by atoms with Crippen molar-refractivity contribution in [3.8, 4) is 11.5 Å². The molecule has 4 nitrogen and oxygen atoms in total. The van der Waals surface area contributed by atoms with Gasteiger partial charge in [-0.15, -0.1) is 0 Å². The molecular weight excluding hydrogens is 290 g/mol. The Morgan fingerprint density at radius 1 is 1.09 bits per heavy atom. The van der Waals surface area contributed by atoms with Crippen LogP contribution in [0.2, 0.25) is 0 Å². The number of ether oxygens (including phenoxy) is 3. The van der Waals surface area contributed by atoms with Crippen molar-refractivity contribution in [3.05, 3.63) is 24.3 Å². The van der Waals surface area contributed by atoms with Crippen molar-refractivity contribution in [1.29, 1.82) is 0 Å². The average molecular weight is 320 g/mol. The van der Waals surface area contributed by atoms with Crippen molar-refractivity contribution >= 4 is 0 Å². The second kappa shape index (κ2) is 8.02. The van der Waals surface area contributed by atoms with E-state index in [0.29, 0.717) is 13.2 Å². The minimum atomic E-state index is 0.0107. The Morgan fingerprint density at radius 3 is 2.70 bits per heavy atom. The molecule has 1 atom stereocenters. The molecule has 1 fully saturated rings. The monoisotopic (exact) mass is 320 g/mol. The Balaban J connectivity index is 1.27. The third-order valence-corrected chi connectivity index (χ3v) is 5.00. The Morgan fingerprint density at radius 2 is 1.87 bits per heavy atom. The van der Waals surface area contributed by atoms with Gasteiger partial charge in [-0.2, -0.15) is 0 Å². The lowest BCUT2D eigenvalue weighted by molar-refractivity contribution is -0.914. The van der Waals surface area contributed by atoms with Crippen LogP contribution in [0.5, 0.6) is 11.5 Å². The van der Waals surface area contributed by atoms with Crippen molar-refractivity contribution < 1.29 is 18.7 Å². The Hall–Kier alpha value is -1.26. The summed E-state index contributed by atoms with van der Waals surface area (Å²) in [6.45, 7) is 6.01. The van der Waals surface area contributed by atoms with E-state index in [2.05, 4.69) is 7.05 Å². The van der Waals surface area contributed by atoms with Gasteiger partial charge in [-0.25, -0.2) is 0 Å². The molecule has 2 aliphatic rings. The van der Waals surface area contributed by atoms with E-state index in [1.165, 1.54) is 49.8 Å². The predicted molar refractivity (Wildman–Crippen MR) is 91.0 cm³/mol. The molecule has 0 amide bonds. The molecule has 0 radical (unpaired) electrons. The fourth-order valence-corrected chi connectivity index (χ4v) is 3.56. The van der Waals surface area contributed by atoms with Gasteiger partial charge in [-0.1, -0.05) is 12.1 Å². The highest BCUT2D eigenvalue weighted by atomic mass is 16.6. The van der Waals surface area contributed by atoms with E-state index in [-0.39, 0.29) is 6.10 Å². The third-order valence-electron chi connectivity index (χ3n) is 5.00. The summed E-state index contributed by atoms with van der Waals surface area (Å²) < 4.78 is 18.7. The number of likely N-dealkylation sites (tertiary alicyclic amines) is 1. The van der Waals surface area contributed by atoms with Crippen LogP contribution in [-0.2, 0) is 4.74 Å². The first-order chi connectivity index (χ1) is 11.3. The molecule has 1 unspecified atom stereocenters. The largest absolute Gasteiger partial charge is 0.486 e. The van der Waals surface area contributed by atoms with Gasteiger partial charge in [-0.3, -0.25) is 0 Å². The first kappa shape index (κ1) is 16.6. The van der Waals surface area contributed by atoms with Gasteiger partial charge in [0.25, 0.3) is 0 Å². The lowest BCUT2D eigenvalue weighted by Gasteiger charge is -2.37. The fraction of sp³-hybridized carbons (Fsp3) is 0.684. The van der Waals surface area contributed by atoms with Crippen LogP contribution >= 0.6 is 0 Å². The van der Waals surface area contributed by atoms with Gasteiger partial charge in [0.2, 0.25) is 0 Å². The highest BCUT2D eigenvalue weighted by Gasteiger charge is 2.24. The molecular formula is C19H30NO3+. The van der Waals surface area contributed by atoms with Crippen molar-refractivity contribution in [1.82, 2.24) is 0 Å². The minimum Gasteiger partial charge on any atom is -0.486 e. The van der Waals surface area contributed by atoms with E-state index in [0.717, 1.165) is 24.5 Å². The zero-order chi connectivity index (χ0) is 16.0. The Bertz CT molecular complexity index is 485. The second-order valence-electron chi connectivity index (χ2n) is 7.13. The summed E-state index contributed by atoms with van der Waals surface area (Å²) in [4.78, 5) is 0. The number of hydrogen-bond donors (Lipinski definition) is 0. The molecule has 3 rings (SSSR count). The molecule has 0 aromatic heterocycles. The summed E-state index contributed by atoms with van der Waals surface area (Å²) in [6, 6.07) is 7.82. The molecule has 2 heterocycles. The van der Waals surface area contributed by atoms with Gasteiger partial charge in [-0.05, 0) is 44.2 Å². The van der Waals surface area contributed by atoms with E-state index >= 15 is 0 Å². The van der Waals surface area contributed by atoms with Crippen LogP contribution < -0.4 is 9.47 Å². The summed E-state index contributed by atoms with van der Waals surface area (Å²) in [5.41, 5.74) is 0. The number of piperidine rings is 1. The minimum absolute atomic E-state index is 0.0107. The first-order valence-corrected chi connectivity index (χ1v) is 9.05. The number of fused-ring (bicyclic) bond motifs is 1. The number of para-hydroxylation sites is 2. The summed E-state index contributed by atoms with van der Waals surface area (Å²) in [6.07, 6.45) is 6.61. The summed E-state index contributed by atoms with van der Waals surface area (Å²) in [5, 5.41) is 0. The topological polar surface area (TPSA) is 27.7 Å². The van der Waals surface area contributed by atoms with Crippen molar-refractivity contribution in [3.63, 3.8) is 0 Å². The van der Waals surface area contributed by atoms with Crippen LogP contribution in [-0.4, -0.2) is 57.1 Å². The van der Waals surface area contributed by atoms with Crippen molar-refractivity contribution in [2.24, 2.45) is 0 Å². The molecule has 23 heavy (non-hydrogen) atoms. The molecule has 1 aromatic rings. The summed E-state index contributed by atoms with van der Waals surface area (Å²) >= 11 is 0. The maximum atomic E-state index is 5.90. The molecule has 0 spiro atoms. The number of benzene rings is 1. The molecule has 0 N–H and O–H groups in total. The lowest BCUT2D eigenvalue weighted by atomic mass is 10.1. The van der Waals surface area contributed by atoms with Crippen LogP contribution in [0.15, 0.2) is 24.3 Å². The lowest BCUT2D eigenvalue weighted by Crippen LogP contribution is -2.48. The standard InChI is InChI=1S/C19H30NO3/c1-20(11-5-2-6-12-20)13-7-8-14-21-15-17-16-22-18-9-3-4-10-19(18)23-17/h3-4,9-10,17H,2,5-8,11-16H2,1H3/q+1. The number of nitrogens with zero attached hydrogens (tertiary/aromatic N) is 1. The third kappa shape index (κ3) is 4.85. The van der Waals surface area contributed by atoms with Crippen LogP contribution in [0.3, 0.4) is 0 Å². The van der Waals surface area contributed by atoms with Gasteiger partial charge >= 0.3 is 0 Å². The molecule has 0 bridgehead atoms. The Labute approximate surface area is 139 Å².